The summed E-state index contributed by atoms with van der Waals surface area (Å²) in [6, 6.07) is 3.08. The number of aromatic nitrogens is 3. The van der Waals surface area contributed by atoms with Crippen molar-refractivity contribution in [3.8, 4) is 22.9 Å². The maximum atomic E-state index is 17.0. The molecule has 4 aromatic rings. The molecule has 9 rings (SSSR count). The first-order valence-corrected chi connectivity index (χ1v) is 16.2. The monoisotopic (exact) mass is 643 g/mol. The number of halogens is 4. The SMILES string of the molecule is Nc1nc2c(-c3c(Cl)c4c5c(nc(OC[C@@]67CCCN6C[C@H](F)C7)nc5c3F)N3CC5CCC(N5)C3CO4)ccc(F)c2s1. The number of nitrogens with zero attached hydrogens (tertiary/aromatic N) is 5. The van der Waals surface area contributed by atoms with Crippen molar-refractivity contribution in [2.24, 2.45) is 0 Å². The summed E-state index contributed by atoms with van der Waals surface area (Å²) in [6.07, 6.45) is 3.28. The molecule has 3 unspecified atom stereocenters. The molecule has 14 heteroatoms. The summed E-state index contributed by atoms with van der Waals surface area (Å²) in [7, 11) is 0. The number of piperazine rings is 1. The first kappa shape index (κ1) is 27.2. The maximum absolute atomic E-state index is 17.0. The number of hydrogen-bond acceptors (Lipinski definition) is 10. The molecule has 0 spiro atoms. The summed E-state index contributed by atoms with van der Waals surface area (Å²) in [5.41, 5.74) is 5.99. The first-order valence-electron chi connectivity index (χ1n) is 15.0. The highest BCUT2D eigenvalue weighted by atomic mass is 35.5. The molecule has 0 saturated carbocycles. The largest absolute Gasteiger partial charge is 0.489 e. The topological polar surface area (TPSA) is 102 Å². The van der Waals surface area contributed by atoms with Crippen LogP contribution < -0.4 is 25.4 Å². The lowest BCUT2D eigenvalue weighted by molar-refractivity contribution is 0.107. The molecule has 0 aliphatic carbocycles. The summed E-state index contributed by atoms with van der Waals surface area (Å²) < 4.78 is 59.1. The number of fused-ring (bicyclic) bond motifs is 7. The summed E-state index contributed by atoms with van der Waals surface area (Å²) >= 11 is 8.00. The zero-order valence-electron chi connectivity index (χ0n) is 23.6. The van der Waals surface area contributed by atoms with Gasteiger partial charge < -0.3 is 25.4 Å². The van der Waals surface area contributed by atoms with Crippen molar-refractivity contribution in [1.82, 2.24) is 25.2 Å². The Morgan fingerprint density at radius 2 is 2.07 bits per heavy atom. The Balaban J connectivity index is 1.24. The van der Waals surface area contributed by atoms with Gasteiger partial charge in [-0.3, -0.25) is 4.90 Å². The highest BCUT2D eigenvalue weighted by Crippen LogP contribution is 2.51. The predicted octanol–water partition coefficient (Wildman–Crippen LogP) is 5.08. The van der Waals surface area contributed by atoms with Gasteiger partial charge in [-0.1, -0.05) is 22.9 Å². The van der Waals surface area contributed by atoms with Gasteiger partial charge >= 0.3 is 6.01 Å². The molecular formula is C30H29ClF3N7O2S. The van der Waals surface area contributed by atoms with E-state index in [1.54, 1.807) is 0 Å². The molecule has 9 nitrogen and oxygen atoms in total. The van der Waals surface area contributed by atoms with Crippen LogP contribution in [0.2, 0.25) is 5.02 Å². The zero-order chi connectivity index (χ0) is 29.9. The molecule has 0 radical (unpaired) electrons. The van der Waals surface area contributed by atoms with E-state index in [2.05, 4.69) is 25.1 Å². The molecule has 44 heavy (non-hydrogen) atoms. The summed E-state index contributed by atoms with van der Waals surface area (Å²) in [6.45, 7) is 2.38. The number of benzene rings is 2. The molecule has 5 aliphatic heterocycles. The van der Waals surface area contributed by atoms with Crippen molar-refractivity contribution in [1.29, 1.82) is 0 Å². The van der Waals surface area contributed by atoms with E-state index in [4.69, 9.17) is 31.8 Å². The van der Waals surface area contributed by atoms with Crippen LogP contribution in [0.1, 0.15) is 32.1 Å². The first-order chi connectivity index (χ1) is 21.3. The molecule has 230 valence electrons. The van der Waals surface area contributed by atoms with Gasteiger partial charge in [0.1, 0.15) is 36.5 Å². The van der Waals surface area contributed by atoms with Crippen molar-refractivity contribution >= 4 is 55.0 Å². The van der Waals surface area contributed by atoms with Crippen molar-refractivity contribution in [3.63, 3.8) is 0 Å². The Bertz CT molecular complexity index is 1860. The Morgan fingerprint density at radius 1 is 1.18 bits per heavy atom. The average molecular weight is 644 g/mol. The van der Waals surface area contributed by atoms with Crippen molar-refractivity contribution in [2.75, 3.05) is 43.5 Å². The maximum Gasteiger partial charge on any atom is 0.319 e. The number of ether oxygens (including phenoxy) is 2. The van der Waals surface area contributed by atoms with Crippen LogP contribution in [0, 0.1) is 11.6 Å². The van der Waals surface area contributed by atoms with Crippen LogP contribution in [0.4, 0.5) is 24.1 Å². The predicted molar refractivity (Wildman–Crippen MR) is 163 cm³/mol. The summed E-state index contributed by atoms with van der Waals surface area (Å²) in [4.78, 5) is 18.1. The Hall–Kier alpha value is -3.13. The minimum Gasteiger partial charge on any atom is -0.489 e. The minimum absolute atomic E-state index is 0.00351. The van der Waals surface area contributed by atoms with Gasteiger partial charge in [0.15, 0.2) is 16.7 Å². The van der Waals surface area contributed by atoms with Gasteiger partial charge in [0.05, 0.1) is 32.2 Å². The van der Waals surface area contributed by atoms with Gasteiger partial charge in [0, 0.05) is 42.7 Å². The van der Waals surface area contributed by atoms with Crippen LogP contribution in [-0.2, 0) is 0 Å². The molecule has 2 bridgehead atoms. The highest BCUT2D eigenvalue weighted by molar-refractivity contribution is 7.22. The number of thiazole rings is 1. The fraction of sp³-hybridized carbons (Fsp3) is 0.500. The fourth-order valence-electron chi connectivity index (χ4n) is 8.23. The van der Waals surface area contributed by atoms with Crippen molar-refractivity contribution in [3.05, 3.63) is 28.8 Å². The van der Waals surface area contributed by atoms with Crippen LogP contribution in [0.15, 0.2) is 12.1 Å². The van der Waals surface area contributed by atoms with Gasteiger partial charge in [0.25, 0.3) is 0 Å². The summed E-state index contributed by atoms with van der Waals surface area (Å²) in [5.74, 6) is -0.451. The van der Waals surface area contributed by atoms with E-state index in [1.165, 1.54) is 12.1 Å². The van der Waals surface area contributed by atoms with Gasteiger partial charge in [-0.2, -0.15) is 9.97 Å². The molecule has 2 aromatic carbocycles. The highest BCUT2D eigenvalue weighted by Gasteiger charge is 2.50. The normalized spacial score (nSPS) is 29.2. The van der Waals surface area contributed by atoms with E-state index in [9.17, 15) is 8.78 Å². The molecule has 4 saturated heterocycles. The number of nitrogens with two attached hydrogens (primary N) is 1. The number of alkyl halides is 1. The molecule has 5 aliphatic rings. The molecule has 7 heterocycles. The Kier molecular flexibility index (Phi) is 5.99. The second-order valence-electron chi connectivity index (χ2n) is 12.7. The van der Waals surface area contributed by atoms with Crippen LogP contribution in [-0.4, -0.2) is 82.5 Å². The zero-order valence-corrected chi connectivity index (χ0v) is 25.2. The second kappa shape index (κ2) is 9.68. The van der Waals surface area contributed by atoms with Gasteiger partial charge in [-0.25, -0.2) is 18.2 Å². The number of nitrogens with one attached hydrogen (secondary N) is 1. The molecule has 2 aromatic heterocycles. The lowest BCUT2D eigenvalue weighted by Crippen LogP contribution is -2.60. The van der Waals surface area contributed by atoms with E-state index in [-0.39, 0.29) is 73.5 Å². The van der Waals surface area contributed by atoms with Gasteiger partial charge in [-0.05, 0) is 44.4 Å². The lowest BCUT2D eigenvalue weighted by atomic mass is 9.95. The van der Waals surface area contributed by atoms with Gasteiger partial charge in [0.2, 0.25) is 0 Å². The molecule has 0 amide bonds. The van der Waals surface area contributed by atoms with Gasteiger partial charge in [-0.15, -0.1) is 0 Å². The Morgan fingerprint density at radius 3 is 2.95 bits per heavy atom. The van der Waals surface area contributed by atoms with E-state index >= 15 is 4.39 Å². The fourth-order valence-corrected chi connectivity index (χ4v) is 9.32. The lowest BCUT2D eigenvalue weighted by Gasteiger charge is -2.40. The van der Waals surface area contributed by atoms with E-state index < -0.39 is 23.3 Å². The standard InChI is InChI=1S/C30H29ClF3N7O2S/c31-21-19(15-3-4-16(33)26-23(15)37-28(35)44-26)22(34)24-20-25(21)42-11-18-17-5-2-14(36-17)10-41(18)27(20)39-29(38-24)43-12-30-6-1-7-40(30)9-13(32)8-30/h3-4,13-14,17-18,36H,1-2,5-12H2,(H2,35,37)/t13-,14?,17?,18?,30+/m1/s1. The Labute approximate surface area is 259 Å². The molecular weight excluding hydrogens is 615 g/mol. The minimum atomic E-state index is -0.910. The second-order valence-corrected chi connectivity index (χ2v) is 14.1. The van der Waals surface area contributed by atoms with Crippen LogP contribution in [0.3, 0.4) is 0 Å². The van der Waals surface area contributed by atoms with Crippen LogP contribution in [0.25, 0.3) is 32.2 Å². The summed E-state index contributed by atoms with van der Waals surface area (Å²) in [5, 5.41) is 4.23. The number of nitrogen functional groups attached to an aromatic ring is 1. The average Bonchev–Trinajstić information content (AvgIpc) is 3.73. The number of rotatable bonds is 4. The van der Waals surface area contributed by atoms with E-state index in [1.807, 2.05) is 0 Å². The quantitative estimate of drug-likeness (QED) is 0.315. The number of hydrogen-bond donors (Lipinski definition) is 2. The third-order valence-corrected chi connectivity index (χ3v) is 11.4. The van der Waals surface area contributed by atoms with E-state index in [0.717, 1.165) is 43.6 Å². The number of anilines is 2. The molecule has 3 N–H and O–H groups in total. The molecule has 5 atom stereocenters. The van der Waals surface area contributed by atoms with Crippen molar-refractivity contribution in [2.45, 2.75) is 61.9 Å². The molecule has 4 fully saturated rings. The van der Waals surface area contributed by atoms with Crippen LogP contribution in [0.5, 0.6) is 11.8 Å². The third kappa shape index (κ3) is 3.88. The van der Waals surface area contributed by atoms with Crippen molar-refractivity contribution < 1.29 is 22.6 Å². The van der Waals surface area contributed by atoms with Crippen LogP contribution >= 0.6 is 22.9 Å². The van der Waals surface area contributed by atoms with E-state index in [0.29, 0.717) is 37.3 Å². The smallest absolute Gasteiger partial charge is 0.319 e. The third-order valence-electron chi connectivity index (χ3n) is 10.2.